The highest BCUT2D eigenvalue weighted by Gasteiger charge is 2.24. The molecule has 0 spiro atoms. The van der Waals surface area contributed by atoms with Gasteiger partial charge >= 0.3 is 18.0 Å². The summed E-state index contributed by atoms with van der Waals surface area (Å²) in [6, 6.07) is -1.33. The molecule has 0 heterocycles. The maximum atomic E-state index is 11.3. The van der Waals surface area contributed by atoms with E-state index in [-0.39, 0.29) is 0 Å². The Labute approximate surface area is 99.1 Å². The number of hydrogen-bond donors (Lipinski definition) is 2. The quantitative estimate of drug-likeness (QED) is 0.702. The number of aliphatic carboxylic acids is 1. The van der Waals surface area contributed by atoms with Crippen LogP contribution in [0.3, 0.4) is 0 Å². The zero-order valence-corrected chi connectivity index (χ0v) is 10.3. The Balaban J connectivity index is 4.30. The Bertz CT molecular complexity index is 306. The van der Waals surface area contributed by atoms with E-state index in [1.54, 1.807) is 20.8 Å². The topological polar surface area (TPSA) is 102 Å². The van der Waals surface area contributed by atoms with Crippen molar-refractivity contribution in [2.45, 2.75) is 39.3 Å². The molecule has 0 unspecified atom stereocenters. The Morgan fingerprint density at radius 3 is 2.18 bits per heavy atom. The molecule has 0 bridgehead atoms. The standard InChI is InChI=1S/C10H17NO6/c1-6(12)16-5-7(8(13)14)11-9(15)17-10(2,3)4/h7H,5H2,1-4H3,(H,11,15)(H,13,14)/t7-/m1/s1. The molecule has 0 saturated carbocycles. The number of nitrogens with one attached hydrogen (secondary N) is 1. The van der Waals surface area contributed by atoms with Gasteiger partial charge in [-0.25, -0.2) is 9.59 Å². The highest BCUT2D eigenvalue weighted by Crippen LogP contribution is 2.06. The third-order valence-corrected chi connectivity index (χ3v) is 1.44. The molecule has 0 rings (SSSR count). The van der Waals surface area contributed by atoms with Gasteiger partial charge in [-0.3, -0.25) is 4.79 Å². The van der Waals surface area contributed by atoms with Crippen LogP contribution in [0.1, 0.15) is 27.7 Å². The van der Waals surface area contributed by atoms with Crippen molar-refractivity contribution in [3.8, 4) is 0 Å². The van der Waals surface area contributed by atoms with Gasteiger partial charge in [0.25, 0.3) is 0 Å². The Kier molecular flexibility index (Phi) is 5.43. The molecule has 0 aromatic rings. The minimum absolute atomic E-state index is 0.441. The van der Waals surface area contributed by atoms with Gasteiger partial charge in [0.05, 0.1) is 0 Å². The lowest BCUT2D eigenvalue weighted by molar-refractivity contribution is -0.147. The molecule has 2 N–H and O–H groups in total. The number of alkyl carbamates (subject to hydrolysis) is 1. The van der Waals surface area contributed by atoms with Gasteiger partial charge in [-0.2, -0.15) is 0 Å². The van der Waals surface area contributed by atoms with Gasteiger partial charge in [0, 0.05) is 6.92 Å². The summed E-state index contributed by atoms with van der Waals surface area (Å²) in [6.45, 7) is 5.65. The third-order valence-electron chi connectivity index (χ3n) is 1.44. The molecule has 0 aliphatic carbocycles. The van der Waals surface area contributed by atoms with E-state index in [0.29, 0.717) is 0 Å². The number of carbonyl (C=O) groups is 3. The predicted octanol–water partition coefficient (Wildman–Crippen LogP) is 0.527. The normalized spacial score (nSPS) is 12.5. The van der Waals surface area contributed by atoms with Crippen molar-refractivity contribution in [1.82, 2.24) is 5.32 Å². The zero-order chi connectivity index (χ0) is 13.6. The predicted molar refractivity (Wildman–Crippen MR) is 57.4 cm³/mol. The van der Waals surface area contributed by atoms with Crippen LogP contribution in [0.25, 0.3) is 0 Å². The van der Waals surface area contributed by atoms with Gasteiger partial charge in [-0.05, 0) is 20.8 Å². The van der Waals surface area contributed by atoms with E-state index in [1.165, 1.54) is 0 Å². The highest BCUT2D eigenvalue weighted by molar-refractivity contribution is 5.80. The first-order valence-electron chi connectivity index (χ1n) is 4.97. The number of esters is 1. The van der Waals surface area contributed by atoms with E-state index in [1.807, 2.05) is 0 Å². The van der Waals surface area contributed by atoms with Gasteiger partial charge in [0.15, 0.2) is 6.04 Å². The number of amides is 1. The van der Waals surface area contributed by atoms with Gasteiger partial charge < -0.3 is 19.9 Å². The minimum atomic E-state index is -1.33. The molecule has 0 fully saturated rings. The van der Waals surface area contributed by atoms with Crippen molar-refractivity contribution in [1.29, 1.82) is 0 Å². The number of carbonyl (C=O) groups excluding carboxylic acids is 2. The molecule has 0 radical (unpaired) electrons. The molecule has 0 saturated heterocycles. The maximum absolute atomic E-state index is 11.3. The lowest BCUT2D eigenvalue weighted by atomic mass is 10.2. The van der Waals surface area contributed by atoms with Crippen LogP contribution < -0.4 is 5.32 Å². The molecule has 7 heteroatoms. The van der Waals surface area contributed by atoms with Crippen LogP contribution in [0.15, 0.2) is 0 Å². The summed E-state index contributed by atoms with van der Waals surface area (Å²) in [5, 5.41) is 10.9. The molecular formula is C10H17NO6. The molecule has 0 aromatic carbocycles. The van der Waals surface area contributed by atoms with Crippen molar-refractivity contribution in [2.24, 2.45) is 0 Å². The van der Waals surface area contributed by atoms with E-state index in [0.717, 1.165) is 6.92 Å². The SMILES string of the molecule is CC(=O)OC[C@@H](NC(=O)OC(C)(C)C)C(=O)O. The van der Waals surface area contributed by atoms with E-state index in [4.69, 9.17) is 9.84 Å². The van der Waals surface area contributed by atoms with Gasteiger partial charge in [0.1, 0.15) is 12.2 Å². The van der Waals surface area contributed by atoms with E-state index in [2.05, 4.69) is 10.1 Å². The molecule has 0 aromatic heterocycles. The smallest absolute Gasteiger partial charge is 0.408 e. The fourth-order valence-electron chi connectivity index (χ4n) is 0.825. The summed E-state index contributed by atoms with van der Waals surface area (Å²) >= 11 is 0. The zero-order valence-electron chi connectivity index (χ0n) is 10.3. The molecule has 0 aliphatic rings. The number of ether oxygens (including phenoxy) is 2. The Morgan fingerprint density at radius 2 is 1.82 bits per heavy atom. The van der Waals surface area contributed by atoms with Gasteiger partial charge in [-0.15, -0.1) is 0 Å². The second-order valence-corrected chi connectivity index (χ2v) is 4.34. The summed E-state index contributed by atoms with van der Waals surface area (Å²) in [7, 11) is 0. The number of hydrogen-bond acceptors (Lipinski definition) is 5. The number of carboxylic acids is 1. The highest BCUT2D eigenvalue weighted by atomic mass is 16.6. The van der Waals surface area contributed by atoms with Crippen LogP contribution in [-0.4, -0.2) is 41.4 Å². The van der Waals surface area contributed by atoms with E-state index >= 15 is 0 Å². The van der Waals surface area contributed by atoms with Crippen molar-refractivity contribution < 1.29 is 29.0 Å². The van der Waals surface area contributed by atoms with Crippen LogP contribution >= 0.6 is 0 Å². The third kappa shape index (κ3) is 8.06. The molecular weight excluding hydrogens is 230 g/mol. The first-order chi connectivity index (χ1) is 7.61. The summed E-state index contributed by atoms with van der Waals surface area (Å²) in [5.74, 6) is -1.93. The molecule has 0 aliphatic heterocycles. The van der Waals surface area contributed by atoms with Crippen molar-refractivity contribution >= 4 is 18.0 Å². The summed E-state index contributed by atoms with van der Waals surface area (Å²) < 4.78 is 9.38. The summed E-state index contributed by atoms with van der Waals surface area (Å²) in [6.07, 6.45) is -0.878. The molecule has 1 atom stereocenters. The largest absolute Gasteiger partial charge is 0.480 e. The monoisotopic (exact) mass is 247 g/mol. The second-order valence-electron chi connectivity index (χ2n) is 4.34. The van der Waals surface area contributed by atoms with Gasteiger partial charge in [0.2, 0.25) is 0 Å². The molecule has 17 heavy (non-hydrogen) atoms. The average molecular weight is 247 g/mol. The Morgan fingerprint density at radius 1 is 1.29 bits per heavy atom. The van der Waals surface area contributed by atoms with Crippen LogP contribution in [0.5, 0.6) is 0 Å². The summed E-state index contributed by atoms with van der Waals surface area (Å²) in [5.41, 5.74) is -0.728. The number of rotatable bonds is 4. The van der Waals surface area contributed by atoms with Crippen molar-refractivity contribution in [3.63, 3.8) is 0 Å². The van der Waals surface area contributed by atoms with Gasteiger partial charge in [-0.1, -0.05) is 0 Å². The molecule has 98 valence electrons. The van der Waals surface area contributed by atoms with E-state index < -0.39 is 36.3 Å². The Hall–Kier alpha value is -1.79. The first-order valence-corrected chi connectivity index (χ1v) is 4.97. The summed E-state index contributed by atoms with van der Waals surface area (Å²) in [4.78, 5) is 32.6. The average Bonchev–Trinajstić information content (AvgIpc) is 2.08. The van der Waals surface area contributed by atoms with Crippen LogP contribution in [0, 0.1) is 0 Å². The molecule has 1 amide bonds. The maximum Gasteiger partial charge on any atom is 0.408 e. The van der Waals surface area contributed by atoms with E-state index in [9.17, 15) is 14.4 Å². The fraction of sp³-hybridized carbons (Fsp3) is 0.700. The molecule has 7 nitrogen and oxygen atoms in total. The lowest BCUT2D eigenvalue weighted by Crippen LogP contribution is -2.46. The lowest BCUT2D eigenvalue weighted by Gasteiger charge is -2.21. The first kappa shape index (κ1) is 15.2. The number of carboxylic acid groups (broad SMARTS) is 1. The van der Waals surface area contributed by atoms with Crippen molar-refractivity contribution in [3.05, 3.63) is 0 Å². The minimum Gasteiger partial charge on any atom is -0.480 e. The fourth-order valence-corrected chi connectivity index (χ4v) is 0.825. The van der Waals surface area contributed by atoms with Crippen molar-refractivity contribution in [2.75, 3.05) is 6.61 Å². The van der Waals surface area contributed by atoms with Crippen LogP contribution in [0.4, 0.5) is 4.79 Å². The van der Waals surface area contributed by atoms with Crippen LogP contribution in [0.2, 0.25) is 0 Å². The van der Waals surface area contributed by atoms with Crippen LogP contribution in [-0.2, 0) is 19.1 Å². The second kappa shape index (κ2) is 6.07.